The van der Waals surface area contributed by atoms with Crippen LogP contribution in [0.5, 0.6) is 5.75 Å². The van der Waals surface area contributed by atoms with Crippen molar-refractivity contribution in [3.05, 3.63) is 52.7 Å². The van der Waals surface area contributed by atoms with Gasteiger partial charge in [-0.2, -0.15) is 0 Å². The van der Waals surface area contributed by atoms with Gasteiger partial charge in [-0.15, -0.1) is 4.85 Å². The Morgan fingerprint density at radius 1 is 1.16 bits per heavy atom. The number of fused-ring (bicyclic) bond motifs is 1. The average molecular weight is 361 g/mol. The highest BCUT2D eigenvalue weighted by Gasteiger charge is 2.16. The molecule has 0 spiro atoms. The number of hydrogen-bond donors (Lipinski definition) is 0. The zero-order valence-corrected chi connectivity index (χ0v) is 15.1. The summed E-state index contributed by atoms with van der Waals surface area (Å²) in [6.45, 7) is 7.82. The lowest BCUT2D eigenvalue weighted by molar-refractivity contribution is -0.664. The molecular formula is C18H21ClN4O2. The lowest BCUT2D eigenvalue weighted by Gasteiger charge is -2.18. The molecule has 0 saturated heterocycles. The molecule has 0 atom stereocenters. The number of benzene rings is 2. The molecule has 0 saturated carbocycles. The van der Waals surface area contributed by atoms with Gasteiger partial charge in [0.15, 0.2) is 0 Å². The summed E-state index contributed by atoms with van der Waals surface area (Å²) < 4.78 is 5.76. The van der Waals surface area contributed by atoms with Crippen LogP contribution in [0.15, 0.2) is 42.5 Å². The summed E-state index contributed by atoms with van der Waals surface area (Å²) >= 11 is 5.95. The summed E-state index contributed by atoms with van der Waals surface area (Å²) in [4.78, 5) is 4.34. The first-order chi connectivity index (χ1) is 12.1. The van der Waals surface area contributed by atoms with Gasteiger partial charge in [0, 0.05) is 17.6 Å². The van der Waals surface area contributed by atoms with Gasteiger partial charge in [0.2, 0.25) is 11.0 Å². The molecule has 0 radical (unpaired) electrons. The van der Waals surface area contributed by atoms with Gasteiger partial charge in [0.1, 0.15) is 18.0 Å². The van der Waals surface area contributed by atoms with Gasteiger partial charge in [-0.25, -0.2) is 0 Å². The fraction of sp³-hybridized carbons (Fsp3) is 0.333. The molecule has 0 amide bonds. The maximum atomic E-state index is 12.4. The van der Waals surface area contributed by atoms with E-state index in [1.54, 1.807) is 18.2 Å². The topological polar surface area (TPSA) is 57.2 Å². The molecule has 0 aliphatic heterocycles. The van der Waals surface area contributed by atoms with Crippen LogP contribution in [0.3, 0.4) is 0 Å². The molecule has 0 fully saturated rings. The van der Waals surface area contributed by atoms with Gasteiger partial charge < -0.3 is 14.8 Å². The van der Waals surface area contributed by atoms with Crippen molar-refractivity contribution in [2.24, 2.45) is 0 Å². The second kappa shape index (κ2) is 7.72. The smallest absolute Gasteiger partial charge is 0.250 e. The number of ether oxygens (including phenoxy) is 1. The summed E-state index contributed by atoms with van der Waals surface area (Å²) in [6.07, 6.45) is 0. The van der Waals surface area contributed by atoms with E-state index in [2.05, 4.69) is 23.8 Å². The molecule has 0 aliphatic rings. The van der Waals surface area contributed by atoms with Crippen LogP contribution in [0.2, 0.25) is 5.02 Å². The lowest BCUT2D eigenvalue weighted by atomic mass is 10.3. The molecule has 0 unspecified atom stereocenters. The molecule has 3 rings (SSSR count). The average Bonchev–Trinajstić information content (AvgIpc) is 2.96. The summed E-state index contributed by atoms with van der Waals surface area (Å²) in [5, 5.41) is 17.2. The van der Waals surface area contributed by atoms with Gasteiger partial charge in [-0.3, -0.25) is 0 Å². The van der Waals surface area contributed by atoms with Crippen molar-refractivity contribution in [2.45, 2.75) is 13.8 Å². The fourth-order valence-corrected chi connectivity index (χ4v) is 2.82. The van der Waals surface area contributed by atoms with E-state index in [4.69, 9.17) is 16.3 Å². The first-order valence-electron chi connectivity index (χ1n) is 8.36. The van der Waals surface area contributed by atoms with Crippen molar-refractivity contribution in [2.75, 3.05) is 26.2 Å². The molecule has 132 valence electrons. The quantitative estimate of drug-likeness (QED) is 0.480. The Labute approximate surface area is 151 Å². The van der Waals surface area contributed by atoms with Crippen LogP contribution >= 0.6 is 11.6 Å². The maximum Gasteiger partial charge on any atom is 0.250 e. The number of aromatic nitrogens is 3. The molecule has 6 nitrogen and oxygen atoms in total. The summed E-state index contributed by atoms with van der Waals surface area (Å²) in [6, 6.07) is 12.4. The van der Waals surface area contributed by atoms with E-state index in [1.165, 1.54) is 4.80 Å². The molecule has 1 aromatic heterocycles. The number of rotatable bonds is 7. The predicted octanol–water partition coefficient (Wildman–Crippen LogP) is 3.03. The highest BCUT2D eigenvalue weighted by atomic mass is 35.5. The Balaban J connectivity index is 1.73. The van der Waals surface area contributed by atoms with Gasteiger partial charge in [-0.1, -0.05) is 25.4 Å². The minimum atomic E-state index is 0.437. The Morgan fingerprint density at radius 3 is 2.56 bits per heavy atom. The van der Waals surface area contributed by atoms with Gasteiger partial charge in [0.05, 0.1) is 5.10 Å². The monoisotopic (exact) mass is 360 g/mol. The van der Waals surface area contributed by atoms with E-state index < -0.39 is 0 Å². The first-order valence-corrected chi connectivity index (χ1v) is 8.74. The van der Waals surface area contributed by atoms with E-state index in [-0.39, 0.29) is 0 Å². The Morgan fingerprint density at radius 2 is 1.88 bits per heavy atom. The Bertz CT molecular complexity index is 844. The minimum Gasteiger partial charge on any atom is -0.692 e. The molecule has 2 aromatic carbocycles. The third kappa shape index (κ3) is 3.86. The van der Waals surface area contributed by atoms with Crippen LogP contribution in [0, 0.1) is 5.21 Å². The molecular weight excluding hydrogens is 340 g/mol. The maximum absolute atomic E-state index is 12.4. The van der Waals surface area contributed by atoms with Crippen LogP contribution in [0.1, 0.15) is 13.8 Å². The number of hydrogen-bond acceptors (Lipinski definition) is 4. The third-order valence-electron chi connectivity index (χ3n) is 4.16. The summed E-state index contributed by atoms with van der Waals surface area (Å²) in [5.74, 6) is 0.771. The normalized spacial score (nSPS) is 11.4. The van der Waals surface area contributed by atoms with Crippen molar-refractivity contribution in [3.8, 4) is 11.4 Å². The predicted molar refractivity (Wildman–Crippen MR) is 98.3 cm³/mol. The van der Waals surface area contributed by atoms with E-state index in [1.807, 2.05) is 24.3 Å². The fourth-order valence-electron chi connectivity index (χ4n) is 2.65. The van der Waals surface area contributed by atoms with E-state index in [9.17, 15) is 5.21 Å². The third-order valence-corrected chi connectivity index (χ3v) is 4.39. The van der Waals surface area contributed by atoms with Crippen LogP contribution in [-0.4, -0.2) is 41.0 Å². The standard InChI is InChI=1S/C18H21ClN4O2/c1-3-21(4-2)11-12-25-16-8-6-15(7-9-16)22-20-17-10-5-14(19)13-18(17)23(22)24/h5-10,13H,3-4,11-12H2,1-2H3. The highest BCUT2D eigenvalue weighted by molar-refractivity contribution is 6.31. The van der Waals surface area contributed by atoms with E-state index in [0.29, 0.717) is 28.4 Å². The zero-order valence-electron chi connectivity index (χ0n) is 14.4. The van der Waals surface area contributed by atoms with Crippen molar-refractivity contribution in [1.29, 1.82) is 0 Å². The van der Waals surface area contributed by atoms with Crippen LogP contribution in [-0.2, 0) is 0 Å². The minimum absolute atomic E-state index is 0.437. The van der Waals surface area contributed by atoms with Crippen LogP contribution in [0.25, 0.3) is 16.7 Å². The van der Waals surface area contributed by atoms with Crippen molar-refractivity contribution in [3.63, 3.8) is 0 Å². The SMILES string of the molecule is CCN(CC)CCOc1ccc(-n2nc3ccc(Cl)cc3[n+]2[O-])cc1. The number of halogens is 1. The summed E-state index contributed by atoms with van der Waals surface area (Å²) in [5.41, 5.74) is 1.70. The van der Waals surface area contributed by atoms with Crippen LogP contribution < -0.4 is 9.58 Å². The molecule has 1 heterocycles. The molecule has 0 N–H and O–H groups in total. The number of likely N-dealkylation sites (N-methyl/N-ethyl adjacent to an activating group) is 1. The van der Waals surface area contributed by atoms with Gasteiger partial charge in [0.25, 0.3) is 0 Å². The Kier molecular flexibility index (Phi) is 5.40. The van der Waals surface area contributed by atoms with E-state index in [0.717, 1.165) is 30.2 Å². The first kappa shape index (κ1) is 17.5. The van der Waals surface area contributed by atoms with Crippen molar-refractivity contribution in [1.82, 2.24) is 14.8 Å². The van der Waals surface area contributed by atoms with Crippen LogP contribution in [0.4, 0.5) is 0 Å². The largest absolute Gasteiger partial charge is 0.692 e. The molecule has 7 heteroatoms. The molecule has 0 aliphatic carbocycles. The second-order valence-electron chi connectivity index (χ2n) is 5.66. The van der Waals surface area contributed by atoms with E-state index >= 15 is 0 Å². The lowest BCUT2D eigenvalue weighted by Crippen LogP contribution is -2.37. The van der Waals surface area contributed by atoms with Crippen molar-refractivity contribution < 1.29 is 9.58 Å². The highest BCUT2D eigenvalue weighted by Crippen LogP contribution is 2.18. The van der Waals surface area contributed by atoms with Gasteiger partial charge in [-0.05, 0) is 54.3 Å². The summed E-state index contributed by atoms with van der Waals surface area (Å²) in [7, 11) is 0. The van der Waals surface area contributed by atoms with Crippen molar-refractivity contribution >= 4 is 22.6 Å². The number of nitrogens with zero attached hydrogens (tertiary/aromatic N) is 4. The Hall–Kier alpha value is -2.31. The molecule has 3 aromatic rings. The zero-order chi connectivity index (χ0) is 17.8. The molecule has 25 heavy (non-hydrogen) atoms. The van der Waals surface area contributed by atoms with Gasteiger partial charge >= 0.3 is 0 Å². The second-order valence-corrected chi connectivity index (χ2v) is 6.10. The molecule has 0 bridgehead atoms.